The van der Waals surface area contributed by atoms with E-state index < -0.39 is 11.8 Å². The van der Waals surface area contributed by atoms with Crippen molar-refractivity contribution in [2.45, 2.75) is 6.54 Å². The Balaban J connectivity index is 2.55. The molecule has 0 aromatic heterocycles. The molecular weight excluding hydrogens is 201 g/mol. The van der Waals surface area contributed by atoms with Crippen molar-refractivity contribution in [3.63, 3.8) is 0 Å². The Kier molecular flexibility index (Phi) is 2.15. The van der Waals surface area contributed by atoms with Crippen molar-refractivity contribution in [1.82, 2.24) is 5.32 Å². The molecule has 1 N–H and O–H groups in total. The fourth-order valence-electron chi connectivity index (χ4n) is 1.52. The minimum atomic E-state index is -0.656. The van der Waals surface area contributed by atoms with Crippen LogP contribution in [0, 0.1) is 5.82 Å². The van der Waals surface area contributed by atoms with Crippen molar-refractivity contribution in [3.05, 3.63) is 34.6 Å². The number of nitrogens with one attached hydrogen (secondary N) is 1. The molecule has 5 heteroatoms. The molecule has 0 saturated heterocycles. The average Bonchev–Trinajstić information content (AvgIpc) is 2.60. The summed E-state index contributed by atoms with van der Waals surface area (Å²) in [5.74, 6) is -1.59. The van der Waals surface area contributed by atoms with Crippen LogP contribution in [0.2, 0.25) is 0 Å². The highest BCUT2D eigenvalue weighted by atomic mass is 19.1. The maximum absolute atomic E-state index is 13.4. The molecule has 0 aliphatic carbocycles. The van der Waals surface area contributed by atoms with Gasteiger partial charge in [-0.25, -0.2) is 9.18 Å². The second-order valence-corrected chi connectivity index (χ2v) is 3.16. The Labute approximate surface area is 85.0 Å². The molecule has 0 atom stereocenters. The molecule has 78 valence electrons. The van der Waals surface area contributed by atoms with Gasteiger partial charge in [-0.2, -0.15) is 0 Å². The van der Waals surface area contributed by atoms with Crippen molar-refractivity contribution in [2.24, 2.45) is 0 Å². The summed E-state index contributed by atoms with van der Waals surface area (Å²) in [5.41, 5.74) is 0.550. The van der Waals surface area contributed by atoms with Crippen LogP contribution in [-0.4, -0.2) is 19.0 Å². The number of rotatable bonds is 1. The zero-order valence-corrected chi connectivity index (χ0v) is 7.96. The Bertz CT molecular complexity index is 456. The number of carbonyl (C=O) groups excluding carboxylic acids is 2. The second kappa shape index (κ2) is 3.34. The van der Waals surface area contributed by atoms with Gasteiger partial charge in [-0.1, -0.05) is 0 Å². The Morgan fingerprint density at radius 2 is 2.27 bits per heavy atom. The van der Waals surface area contributed by atoms with E-state index in [1.165, 1.54) is 13.2 Å². The van der Waals surface area contributed by atoms with E-state index in [9.17, 15) is 14.0 Å². The summed E-state index contributed by atoms with van der Waals surface area (Å²) in [6.07, 6.45) is 0. The smallest absolute Gasteiger partial charge is 0.337 e. The lowest BCUT2D eigenvalue weighted by molar-refractivity contribution is 0.0600. The molecule has 1 aliphatic rings. The van der Waals surface area contributed by atoms with Gasteiger partial charge in [-0.15, -0.1) is 0 Å². The fraction of sp³-hybridized carbons (Fsp3) is 0.200. The zero-order valence-electron chi connectivity index (χ0n) is 7.96. The van der Waals surface area contributed by atoms with Crippen LogP contribution in [0.4, 0.5) is 4.39 Å². The Morgan fingerprint density at radius 1 is 1.53 bits per heavy atom. The van der Waals surface area contributed by atoms with Gasteiger partial charge in [0.2, 0.25) is 0 Å². The topological polar surface area (TPSA) is 55.4 Å². The van der Waals surface area contributed by atoms with E-state index >= 15 is 0 Å². The van der Waals surface area contributed by atoms with Gasteiger partial charge in [0.25, 0.3) is 5.91 Å². The van der Waals surface area contributed by atoms with Gasteiger partial charge in [0.1, 0.15) is 5.82 Å². The number of esters is 1. The van der Waals surface area contributed by atoms with E-state index in [-0.39, 0.29) is 23.6 Å². The van der Waals surface area contributed by atoms with E-state index in [1.54, 1.807) is 0 Å². The Hall–Kier alpha value is -1.91. The first-order valence-corrected chi connectivity index (χ1v) is 4.32. The van der Waals surface area contributed by atoms with Crippen molar-refractivity contribution in [1.29, 1.82) is 0 Å². The fourth-order valence-corrected chi connectivity index (χ4v) is 1.52. The van der Waals surface area contributed by atoms with Crippen LogP contribution in [0.5, 0.6) is 0 Å². The molecule has 1 aromatic carbocycles. The lowest BCUT2D eigenvalue weighted by atomic mass is 10.1. The van der Waals surface area contributed by atoms with Gasteiger partial charge in [0.05, 0.1) is 12.7 Å². The molecule has 0 bridgehead atoms. The molecule has 0 unspecified atom stereocenters. The van der Waals surface area contributed by atoms with Crippen LogP contribution in [0.15, 0.2) is 12.1 Å². The van der Waals surface area contributed by atoms with E-state index in [0.29, 0.717) is 5.56 Å². The quantitative estimate of drug-likeness (QED) is 0.698. The lowest BCUT2D eigenvalue weighted by Gasteiger charge is -2.02. The number of ether oxygens (including phenoxy) is 1. The molecule has 1 aliphatic heterocycles. The van der Waals surface area contributed by atoms with Crippen LogP contribution in [0.25, 0.3) is 0 Å². The first-order valence-electron chi connectivity index (χ1n) is 4.32. The first kappa shape index (κ1) is 9.64. The standard InChI is InChI=1S/C10H8FNO3/c1-15-10(14)5-2-6-7(8(11)3-5)4-12-9(6)13/h2-3H,4H2,1H3,(H,12,13). The number of methoxy groups -OCH3 is 1. The summed E-state index contributed by atoms with van der Waals surface area (Å²) in [6, 6.07) is 2.41. The summed E-state index contributed by atoms with van der Waals surface area (Å²) < 4.78 is 17.9. The molecule has 0 fully saturated rings. The van der Waals surface area contributed by atoms with Crippen LogP contribution in [0.1, 0.15) is 26.3 Å². The summed E-state index contributed by atoms with van der Waals surface area (Å²) in [4.78, 5) is 22.4. The second-order valence-electron chi connectivity index (χ2n) is 3.16. The molecule has 0 saturated carbocycles. The van der Waals surface area contributed by atoms with Gasteiger partial charge in [0.15, 0.2) is 0 Å². The van der Waals surface area contributed by atoms with Crippen molar-refractivity contribution in [2.75, 3.05) is 7.11 Å². The predicted molar refractivity (Wildman–Crippen MR) is 48.9 cm³/mol. The minimum Gasteiger partial charge on any atom is -0.465 e. The van der Waals surface area contributed by atoms with Crippen molar-refractivity contribution >= 4 is 11.9 Å². The van der Waals surface area contributed by atoms with Gasteiger partial charge in [-0.05, 0) is 12.1 Å². The number of hydrogen-bond acceptors (Lipinski definition) is 3. The summed E-state index contributed by atoms with van der Waals surface area (Å²) >= 11 is 0. The number of carbonyl (C=O) groups is 2. The Morgan fingerprint density at radius 3 is 2.93 bits per heavy atom. The van der Waals surface area contributed by atoms with Crippen molar-refractivity contribution < 1.29 is 18.7 Å². The van der Waals surface area contributed by atoms with E-state index in [2.05, 4.69) is 10.1 Å². The predicted octanol–water partition coefficient (Wildman–Crippen LogP) is 0.856. The molecule has 1 heterocycles. The normalized spacial score (nSPS) is 13.3. The molecule has 2 rings (SSSR count). The highest BCUT2D eigenvalue weighted by molar-refractivity contribution is 6.01. The van der Waals surface area contributed by atoms with E-state index in [4.69, 9.17) is 0 Å². The summed E-state index contributed by atoms with van der Waals surface area (Å²) in [5, 5.41) is 2.48. The van der Waals surface area contributed by atoms with Gasteiger partial charge in [0, 0.05) is 17.7 Å². The number of fused-ring (bicyclic) bond motifs is 1. The molecule has 1 amide bonds. The largest absolute Gasteiger partial charge is 0.465 e. The molecule has 0 spiro atoms. The highest BCUT2D eigenvalue weighted by Gasteiger charge is 2.24. The summed E-state index contributed by atoms with van der Waals surface area (Å²) in [6.45, 7) is 0.168. The lowest BCUT2D eigenvalue weighted by Crippen LogP contribution is -2.12. The van der Waals surface area contributed by atoms with Gasteiger partial charge in [-0.3, -0.25) is 4.79 Å². The summed E-state index contributed by atoms with van der Waals surface area (Å²) in [7, 11) is 1.20. The van der Waals surface area contributed by atoms with Gasteiger partial charge < -0.3 is 10.1 Å². The average molecular weight is 209 g/mol. The monoisotopic (exact) mass is 209 g/mol. The van der Waals surface area contributed by atoms with Gasteiger partial charge >= 0.3 is 5.97 Å². The van der Waals surface area contributed by atoms with Crippen LogP contribution in [0.3, 0.4) is 0 Å². The highest BCUT2D eigenvalue weighted by Crippen LogP contribution is 2.21. The molecule has 1 aromatic rings. The van der Waals surface area contributed by atoms with Crippen LogP contribution >= 0.6 is 0 Å². The third kappa shape index (κ3) is 1.45. The van der Waals surface area contributed by atoms with E-state index in [0.717, 1.165) is 6.07 Å². The van der Waals surface area contributed by atoms with Crippen LogP contribution < -0.4 is 5.32 Å². The molecular formula is C10H8FNO3. The third-order valence-electron chi connectivity index (χ3n) is 2.29. The first-order chi connectivity index (χ1) is 7.13. The zero-order chi connectivity index (χ0) is 11.0. The third-order valence-corrected chi connectivity index (χ3v) is 2.29. The number of hydrogen-bond donors (Lipinski definition) is 1. The number of halogens is 1. The maximum atomic E-state index is 13.4. The van der Waals surface area contributed by atoms with Crippen molar-refractivity contribution in [3.8, 4) is 0 Å². The maximum Gasteiger partial charge on any atom is 0.337 e. The van der Waals surface area contributed by atoms with Crippen LogP contribution in [-0.2, 0) is 11.3 Å². The molecule has 15 heavy (non-hydrogen) atoms. The number of amides is 1. The minimum absolute atomic E-state index is 0.0470. The number of benzene rings is 1. The molecule has 4 nitrogen and oxygen atoms in total. The molecule has 0 radical (unpaired) electrons. The van der Waals surface area contributed by atoms with E-state index in [1.807, 2.05) is 0 Å². The SMILES string of the molecule is COC(=O)c1cc(F)c2c(c1)C(=O)NC2.